The summed E-state index contributed by atoms with van der Waals surface area (Å²) in [6, 6.07) is 0.627. The van der Waals surface area contributed by atoms with Gasteiger partial charge in [0.25, 0.3) is 0 Å². The van der Waals surface area contributed by atoms with Crippen LogP contribution in [0.15, 0.2) is 0 Å². The zero-order valence-electron chi connectivity index (χ0n) is 9.66. The van der Waals surface area contributed by atoms with Gasteiger partial charge in [0.2, 0.25) is 0 Å². The molecule has 0 amide bonds. The number of likely N-dealkylation sites (tertiary alicyclic amines) is 1. The molecule has 3 nitrogen and oxygen atoms in total. The van der Waals surface area contributed by atoms with Gasteiger partial charge in [-0.05, 0) is 46.6 Å². The van der Waals surface area contributed by atoms with E-state index in [1.807, 2.05) is 13.8 Å². The van der Waals surface area contributed by atoms with Gasteiger partial charge in [-0.1, -0.05) is 0 Å². The first-order valence-electron chi connectivity index (χ1n) is 5.64. The SMILES string of the molecule is CC(N)C(C)N1CCCC(C)(O)CC1. The van der Waals surface area contributed by atoms with Gasteiger partial charge in [0.15, 0.2) is 0 Å². The molecular weight excluding hydrogens is 176 g/mol. The van der Waals surface area contributed by atoms with Crippen molar-refractivity contribution in [1.29, 1.82) is 0 Å². The average Bonchev–Trinajstić information content (AvgIpc) is 2.25. The van der Waals surface area contributed by atoms with Gasteiger partial charge < -0.3 is 10.8 Å². The molecule has 0 aromatic carbocycles. The van der Waals surface area contributed by atoms with Crippen molar-refractivity contribution in [3.8, 4) is 0 Å². The fraction of sp³-hybridized carbons (Fsp3) is 1.00. The Balaban J connectivity index is 2.50. The minimum atomic E-state index is -0.466. The fourth-order valence-electron chi connectivity index (χ4n) is 2.02. The second-order valence-corrected chi connectivity index (χ2v) is 4.99. The quantitative estimate of drug-likeness (QED) is 0.698. The molecule has 0 aliphatic carbocycles. The van der Waals surface area contributed by atoms with Crippen molar-refractivity contribution in [2.45, 2.75) is 57.7 Å². The highest BCUT2D eigenvalue weighted by atomic mass is 16.3. The van der Waals surface area contributed by atoms with Crippen LogP contribution >= 0.6 is 0 Å². The predicted molar refractivity (Wildman–Crippen MR) is 59.2 cm³/mol. The third-order valence-electron chi connectivity index (χ3n) is 3.44. The van der Waals surface area contributed by atoms with E-state index in [0.717, 1.165) is 32.4 Å². The molecule has 1 aliphatic heterocycles. The number of hydrogen-bond acceptors (Lipinski definition) is 3. The van der Waals surface area contributed by atoms with E-state index < -0.39 is 5.60 Å². The Bertz CT molecular complexity index is 180. The highest BCUT2D eigenvalue weighted by molar-refractivity contribution is 4.83. The summed E-state index contributed by atoms with van der Waals surface area (Å²) in [6.45, 7) is 8.19. The maximum Gasteiger partial charge on any atom is 0.0632 e. The summed E-state index contributed by atoms with van der Waals surface area (Å²) >= 11 is 0. The normalized spacial score (nSPS) is 34.9. The van der Waals surface area contributed by atoms with E-state index in [4.69, 9.17) is 5.73 Å². The lowest BCUT2D eigenvalue weighted by molar-refractivity contribution is 0.0429. The Morgan fingerprint density at radius 2 is 1.93 bits per heavy atom. The van der Waals surface area contributed by atoms with Crippen LogP contribution in [0, 0.1) is 0 Å². The first kappa shape index (κ1) is 12.0. The van der Waals surface area contributed by atoms with E-state index in [0.29, 0.717) is 6.04 Å². The first-order chi connectivity index (χ1) is 6.42. The summed E-state index contributed by atoms with van der Waals surface area (Å²) in [7, 11) is 0. The topological polar surface area (TPSA) is 49.5 Å². The Morgan fingerprint density at radius 3 is 2.50 bits per heavy atom. The number of hydrogen-bond donors (Lipinski definition) is 2. The second-order valence-electron chi connectivity index (χ2n) is 4.99. The predicted octanol–water partition coefficient (Wildman–Crippen LogP) is 0.959. The summed E-state index contributed by atoms with van der Waals surface area (Å²) in [5, 5.41) is 9.93. The van der Waals surface area contributed by atoms with Crippen LogP contribution in [0.4, 0.5) is 0 Å². The molecule has 1 fully saturated rings. The van der Waals surface area contributed by atoms with Crippen molar-refractivity contribution in [2.75, 3.05) is 13.1 Å². The van der Waals surface area contributed by atoms with Crippen LogP contribution in [0.1, 0.15) is 40.0 Å². The molecule has 0 saturated carbocycles. The molecule has 3 heteroatoms. The summed E-state index contributed by atoms with van der Waals surface area (Å²) in [6.07, 6.45) is 2.85. The van der Waals surface area contributed by atoms with E-state index in [1.165, 1.54) is 0 Å². The summed E-state index contributed by atoms with van der Waals surface area (Å²) < 4.78 is 0. The molecule has 3 unspecified atom stereocenters. The molecule has 84 valence electrons. The van der Waals surface area contributed by atoms with E-state index in [9.17, 15) is 5.11 Å². The maximum absolute atomic E-state index is 9.93. The zero-order chi connectivity index (χ0) is 10.8. The maximum atomic E-state index is 9.93. The largest absolute Gasteiger partial charge is 0.390 e. The summed E-state index contributed by atoms with van der Waals surface area (Å²) in [5.74, 6) is 0. The Morgan fingerprint density at radius 1 is 1.29 bits per heavy atom. The highest BCUT2D eigenvalue weighted by Gasteiger charge is 2.27. The van der Waals surface area contributed by atoms with Gasteiger partial charge in [0.1, 0.15) is 0 Å². The van der Waals surface area contributed by atoms with Crippen LogP contribution in [0.25, 0.3) is 0 Å². The van der Waals surface area contributed by atoms with Crippen molar-refractivity contribution < 1.29 is 5.11 Å². The van der Waals surface area contributed by atoms with Gasteiger partial charge in [-0.3, -0.25) is 4.90 Å². The van der Waals surface area contributed by atoms with Gasteiger partial charge in [-0.2, -0.15) is 0 Å². The molecule has 1 heterocycles. The van der Waals surface area contributed by atoms with Crippen molar-refractivity contribution in [2.24, 2.45) is 5.73 Å². The lowest BCUT2D eigenvalue weighted by atomic mass is 9.98. The molecule has 14 heavy (non-hydrogen) atoms. The number of rotatable bonds is 2. The molecule has 3 atom stereocenters. The van der Waals surface area contributed by atoms with Gasteiger partial charge in [-0.15, -0.1) is 0 Å². The molecule has 0 radical (unpaired) electrons. The van der Waals surface area contributed by atoms with Gasteiger partial charge >= 0.3 is 0 Å². The molecule has 1 rings (SSSR count). The van der Waals surface area contributed by atoms with E-state index in [1.54, 1.807) is 0 Å². The van der Waals surface area contributed by atoms with Crippen molar-refractivity contribution in [3.63, 3.8) is 0 Å². The van der Waals surface area contributed by atoms with Gasteiger partial charge in [0.05, 0.1) is 5.60 Å². The van der Waals surface area contributed by atoms with Crippen LogP contribution in [0.3, 0.4) is 0 Å². The number of aliphatic hydroxyl groups is 1. The van der Waals surface area contributed by atoms with Crippen LogP contribution in [0.5, 0.6) is 0 Å². The number of nitrogens with zero attached hydrogens (tertiary/aromatic N) is 1. The van der Waals surface area contributed by atoms with E-state index >= 15 is 0 Å². The van der Waals surface area contributed by atoms with Crippen molar-refractivity contribution >= 4 is 0 Å². The van der Waals surface area contributed by atoms with Crippen molar-refractivity contribution in [1.82, 2.24) is 4.90 Å². The van der Waals surface area contributed by atoms with Crippen LogP contribution in [-0.2, 0) is 0 Å². The second kappa shape index (κ2) is 4.60. The van der Waals surface area contributed by atoms with Gasteiger partial charge in [0, 0.05) is 18.6 Å². The van der Waals surface area contributed by atoms with Crippen molar-refractivity contribution in [3.05, 3.63) is 0 Å². The highest BCUT2D eigenvalue weighted by Crippen LogP contribution is 2.22. The van der Waals surface area contributed by atoms with Crippen LogP contribution in [-0.4, -0.2) is 40.8 Å². The molecule has 1 aliphatic rings. The van der Waals surface area contributed by atoms with Crippen LogP contribution in [0.2, 0.25) is 0 Å². The Kier molecular flexibility index (Phi) is 3.93. The van der Waals surface area contributed by atoms with E-state index in [2.05, 4.69) is 11.8 Å². The lowest BCUT2D eigenvalue weighted by Gasteiger charge is -2.30. The zero-order valence-corrected chi connectivity index (χ0v) is 9.66. The minimum Gasteiger partial charge on any atom is -0.390 e. The molecule has 0 bridgehead atoms. The Labute approximate surface area is 87.3 Å². The third-order valence-corrected chi connectivity index (χ3v) is 3.44. The van der Waals surface area contributed by atoms with Crippen LogP contribution < -0.4 is 5.73 Å². The number of nitrogens with two attached hydrogens (primary N) is 1. The lowest BCUT2D eigenvalue weighted by Crippen LogP contribution is -2.45. The minimum absolute atomic E-state index is 0.207. The first-order valence-corrected chi connectivity index (χ1v) is 5.64. The van der Waals surface area contributed by atoms with Gasteiger partial charge in [-0.25, -0.2) is 0 Å². The molecule has 0 spiro atoms. The third kappa shape index (κ3) is 3.23. The smallest absolute Gasteiger partial charge is 0.0632 e. The summed E-state index contributed by atoms with van der Waals surface area (Å²) in [5.41, 5.74) is 5.42. The van der Waals surface area contributed by atoms with E-state index in [-0.39, 0.29) is 6.04 Å². The Hall–Kier alpha value is -0.120. The summed E-state index contributed by atoms with van der Waals surface area (Å²) in [4.78, 5) is 2.39. The average molecular weight is 200 g/mol. The standard InChI is InChI=1S/C11H24N2O/c1-9(12)10(2)13-7-4-5-11(3,14)6-8-13/h9-10,14H,4-8,12H2,1-3H3. The molecule has 0 aromatic heterocycles. The molecule has 0 aromatic rings. The molecular formula is C11H24N2O. The fourth-order valence-corrected chi connectivity index (χ4v) is 2.02. The molecule has 3 N–H and O–H groups in total. The molecule has 1 saturated heterocycles. The monoisotopic (exact) mass is 200 g/mol.